The maximum Gasteiger partial charge on any atom is 0.310 e. The molecule has 2 rings (SSSR count). The molecular formula is C13H13NO4. The lowest BCUT2D eigenvalue weighted by atomic mass is 10.2. The van der Waals surface area contributed by atoms with Gasteiger partial charge in [-0.15, -0.1) is 0 Å². The second-order valence-electron chi connectivity index (χ2n) is 3.95. The standard InChI is InChI=1S/C13H13NO4/c1-2-13(17)18-10-5-3-4-9(8-10)14-11(15)6-7-12(14)16/h3-5,8H,2,6-7H2,1H3. The number of carbonyl (C=O) groups excluding carboxylic acids is 3. The van der Waals surface area contributed by atoms with Crippen LogP contribution in [-0.2, 0) is 14.4 Å². The molecule has 0 atom stereocenters. The van der Waals surface area contributed by atoms with Crippen molar-refractivity contribution in [1.82, 2.24) is 0 Å². The SMILES string of the molecule is CCC(=O)Oc1cccc(N2C(=O)CCC2=O)c1. The molecule has 94 valence electrons. The normalized spacial score (nSPS) is 15.1. The van der Waals surface area contributed by atoms with E-state index in [0.29, 0.717) is 11.4 Å². The first-order valence-corrected chi connectivity index (χ1v) is 5.78. The van der Waals surface area contributed by atoms with Crippen LogP contribution in [0.1, 0.15) is 26.2 Å². The highest BCUT2D eigenvalue weighted by Crippen LogP contribution is 2.26. The van der Waals surface area contributed by atoms with Crippen molar-refractivity contribution in [3.8, 4) is 5.75 Å². The van der Waals surface area contributed by atoms with Gasteiger partial charge in [0.25, 0.3) is 0 Å². The van der Waals surface area contributed by atoms with Crippen molar-refractivity contribution in [1.29, 1.82) is 0 Å². The fraction of sp³-hybridized carbons (Fsp3) is 0.308. The number of anilines is 1. The highest BCUT2D eigenvalue weighted by molar-refractivity contribution is 6.19. The zero-order valence-electron chi connectivity index (χ0n) is 10.0. The molecule has 0 aliphatic carbocycles. The van der Waals surface area contributed by atoms with Crippen LogP contribution in [0.25, 0.3) is 0 Å². The largest absolute Gasteiger partial charge is 0.426 e. The minimum atomic E-state index is -0.355. The molecule has 0 spiro atoms. The monoisotopic (exact) mass is 247 g/mol. The van der Waals surface area contributed by atoms with Crippen LogP contribution in [0.15, 0.2) is 24.3 Å². The molecule has 5 nitrogen and oxygen atoms in total. The average molecular weight is 247 g/mol. The van der Waals surface area contributed by atoms with Crippen molar-refractivity contribution in [2.75, 3.05) is 4.90 Å². The summed E-state index contributed by atoms with van der Waals surface area (Å²) in [6, 6.07) is 6.42. The Labute approximate surface area is 104 Å². The van der Waals surface area contributed by atoms with Gasteiger partial charge in [-0.3, -0.25) is 19.3 Å². The van der Waals surface area contributed by atoms with Crippen molar-refractivity contribution in [3.63, 3.8) is 0 Å². The summed E-state index contributed by atoms with van der Waals surface area (Å²) in [6.45, 7) is 1.69. The van der Waals surface area contributed by atoms with Crippen molar-refractivity contribution in [2.45, 2.75) is 26.2 Å². The van der Waals surface area contributed by atoms with Gasteiger partial charge in [0, 0.05) is 25.3 Å². The number of ether oxygens (including phenoxy) is 1. The van der Waals surface area contributed by atoms with Gasteiger partial charge in [0.1, 0.15) is 5.75 Å². The van der Waals surface area contributed by atoms with E-state index in [1.54, 1.807) is 25.1 Å². The van der Waals surface area contributed by atoms with Gasteiger partial charge in [0.2, 0.25) is 11.8 Å². The van der Waals surface area contributed by atoms with Crippen LogP contribution in [-0.4, -0.2) is 17.8 Å². The van der Waals surface area contributed by atoms with Crippen molar-refractivity contribution in [3.05, 3.63) is 24.3 Å². The second kappa shape index (κ2) is 5.00. The van der Waals surface area contributed by atoms with Crippen molar-refractivity contribution < 1.29 is 19.1 Å². The van der Waals surface area contributed by atoms with Crippen LogP contribution in [0.2, 0.25) is 0 Å². The Hall–Kier alpha value is -2.17. The van der Waals surface area contributed by atoms with Crippen molar-refractivity contribution in [2.24, 2.45) is 0 Å². The van der Waals surface area contributed by atoms with Gasteiger partial charge in [-0.05, 0) is 12.1 Å². The molecule has 1 heterocycles. The molecule has 1 fully saturated rings. The molecule has 0 radical (unpaired) electrons. The number of benzene rings is 1. The summed E-state index contributed by atoms with van der Waals surface area (Å²) >= 11 is 0. The van der Waals surface area contributed by atoms with Crippen LogP contribution in [0.4, 0.5) is 5.69 Å². The number of nitrogens with zero attached hydrogens (tertiary/aromatic N) is 1. The van der Waals surface area contributed by atoms with E-state index in [9.17, 15) is 14.4 Å². The molecule has 1 aliphatic rings. The highest BCUT2D eigenvalue weighted by Gasteiger charge is 2.30. The number of rotatable bonds is 3. The van der Waals surface area contributed by atoms with Crippen molar-refractivity contribution >= 4 is 23.5 Å². The van der Waals surface area contributed by atoms with Gasteiger partial charge in [-0.25, -0.2) is 0 Å². The topological polar surface area (TPSA) is 63.7 Å². The first-order chi connectivity index (χ1) is 8.61. The minimum absolute atomic E-state index is 0.223. The summed E-state index contributed by atoms with van der Waals surface area (Å²) in [5.74, 6) is -0.462. The number of carbonyl (C=O) groups is 3. The van der Waals surface area contributed by atoms with Gasteiger partial charge in [0.05, 0.1) is 5.69 Å². The van der Waals surface area contributed by atoms with E-state index in [-0.39, 0.29) is 37.0 Å². The Morgan fingerprint density at radius 3 is 2.56 bits per heavy atom. The van der Waals surface area contributed by atoms with E-state index in [4.69, 9.17) is 4.74 Å². The van der Waals surface area contributed by atoms with Gasteiger partial charge in [-0.1, -0.05) is 13.0 Å². The fourth-order valence-corrected chi connectivity index (χ4v) is 1.75. The molecule has 0 bridgehead atoms. The van der Waals surface area contributed by atoms with E-state index >= 15 is 0 Å². The summed E-state index contributed by atoms with van der Waals surface area (Å²) < 4.78 is 5.05. The third-order valence-electron chi connectivity index (χ3n) is 2.65. The first kappa shape index (κ1) is 12.3. The van der Waals surface area contributed by atoms with E-state index < -0.39 is 0 Å². The lowest BCUT2D eigenvalue weighted by Gasteiger charge is -2.14. The third kappa shape index (κ3) is 2.40. The molecular weight excluding hydrogens is 234 g/mol. The van der Waals surface area contributed by atoms with Gasteiger partial charge >= 0.3 is 5.97 Å². The summed E-state index contributed by atoms with van der Waals surface area (Å²) in [5.41, 5.74) is 0.448. The van der Waals surface area contributed by atoms with Crippen LogP contribution >= 0.6 is 0 Å². The molecule has 1 saturated heterocycles. The zero-order chi connectivity index (χ0) is 13.1. The highest BCUT2D eigenvalue weighted by atomic mass is 16.5. The lowest BCUT2D eigenvalue weighted by Crippen LogP contribution is -2.28. The van der Waals surface area contributed by atoms with Crippen LogP contribution in [0, 0.1) is 0 Å². The van der Waals surface area contributed by atoms with E-state index in [1.165, 1.54) is 6.07 Å². The minimum Gasteiger partial charge on any atom is -0.426 e. The van der Waals surface area contributed by atoms with E-state index in [2.05, 4.69) is 0 Å². The average Bonchev–Trinajstić information content (AvgIpc) is 2.69. The molecule has 1 aliphatic heterocycles. The molecule has 2 amide bonds. The fourth-order valence-electron chi connectivity index (χ4n) is 1.75. The van der Waals surface area contributed by atoms with Crippen LogP contribution < -0.4 is 9.64 Å². The number of hydrogen-bond donors (Lipinski definition) is 0. The van der Waals surface area contributed by atoms with E-state index in [0.717, 1.165) is 4.90 Å². The molecule has 1 aromatic rings. The summed E-state index contributed by atoms with van der Waals surface area (Å²) in [6.07, 6.45) is 0.738. The Balaban J connectivity index is 2.24. The number of amides is 2. The molecule has 0 N–H and O–H groups in total. The molecule has 1 aromatic carbocycles. The second-order valence-corrected chi connectivity index (χ2v) is 3.95. The summed E-state index contributed by atoms with van der Waals surface area (Å²) in [7, 11) is 0. The number of hydrogen-bond acceptors (Lipinski definition) is 4. The lowest BCUT2D eigenvalue weighted by molar-refractivity contribution is -0.134. The van der Waals surface area contributed by atoms with Crippen LogP contribution in [0.5, 0.6) is 5.75 Å². The quantitative estimate of drug-likeness (QED) is 0.463. The van der Waals surface area contributed by atoms with Gasteiger partial charge in [-0.2, -0.15) is 0 Å². The smallest absolute Gasteiger partial charge is 0.310 e. The Morgan fingerprint density at radius 2 is 1.94 bits per heavy atom. The summed E-state index contributed by atoms with van der Waals surface area (Å²) in [4.78, 5) is 35.4. The maximum absolute atomic E-state index is 11.6. The molecule has 5 heteroatoms. The van der Waals surface area contributed by atoms with Gasteiger partial charge < -0.3 is 4.74 Å². The molecule has 0 aromatic heterocycles. The molecule has 18 heavy (non-hydrogen) atoms. The first-order valence-electron chi connectivity index (χ1n) is 5.78. The Morgan fingerprint density at radius 1 is 1.28 bits per heavy atom. The molecule has 0 unspecified atom stereocenters. The Bertz CT molecular complexity index is 493. The van der Waals surface area contributed by atoms with E-state index in [1.807, 2.05) is 0 Å². The maximum atomic E-state index is 11.6. The van der Waals surface area contributed by atoms with Gasteiger partial charge in [0.15, 0.2) is 0 Å². The summed E-state index contributed by atoms with van der Waals surface area (Å²) in [5, 5.41) is 0. The number of esters is 1. The third-order valence-corrected chi connectivity index (χ3v) is 2.65. The molecule has 0 saturated carbocycles. The zero-order valence-corrected chi connectivity index (χ0v) is 10.0. The predicted octanol–water partition coefficient (Wildman–Crippen LogP) is 1.66. The predicted molar refractivity (Wildman–Crippen MR) is 64.1 cm³/mol. The Kier molecular flexibility index (Phi) is 3.41. The number of imide groups is 1. The van der Waals surface area contributed by atoms with Crippen LogP contribution in [0.3, 0.4) is 0 Å².